The van der Waals surface area contributed by atoms with E-state index < -0.39 is 0 Å². The molecule has 0 spiro atoms. The first-order valence-electron chi connectivity index (χ1n) is 5.31. The average Bonchev–Trinajstić information content (AvgIpc) is 2.39. The van der Waals surface area contributed by atoms with Crippen LogP contribution in [0.2, 0.25) is 5.02 Å². The lowest BCUT2D eigenvalue weighted by molar-refractivity contribution is 1.06. The minimum absolute atomic E-state index is 0.724. The van der Waals surface area contributed by atoms with Gasteiger partial charge >= 0.3 is 0 Å². The number of benzene rings is 2. The van der Waals surface area contributed by atoms with Crippen LogP contribution in [0.3, 0.4) is 0 Å². The van der Waals surface area contributed by atoms with Gasteiger partial charge in [0.15, 0.2) is 0 Å². The third-order valence-electron chi connectivity index (χ3n) is 2.69. The maximum absolute atomic E-state index is 5.88. The molecule has 0 aliphatic rings. The Bertz CT molecular complexity index is 657. The van der Waals surface area contributed by atoms with E-state index in [4.69, 9.17) is 11.6 Å². The van der Waals surface area contributed by atoms with Gasteiger partial charge in [0.25, 0.3) is 0 Å². The van der Waals surface area contributed by atoms with Crippen LogP contribution >= 0.6 is 11.6 Å². The monoisotopic (exact) mass is 240 g/mol. The highest BCUT2D eigenvalue weighted by Crippen LogP contribution is 2.26. The van der Waals surface area contributed by atoms with Crippen LogP contribution in [0.25, 0.3) is 22.0 Å². The highest BCUT2D eigenvalue weighted by Gasteiger charge is 2.05. The third-order valence-corrected chi connectivity index (χ3v) is 2.94. The Balaban J connectivity index is 2.27. The molecule has 0 aliphatic heterocycles. The number of aromatic nitrogens is 2. The van der Waals surface area contributed by atoms with E-state index in [2.05, 4.69) is 10.2 Å². The molecule has 3 heteroatoms. The number of rotatable bonds is 1. The van der Waals surface area contributed by atoms with E-state index in [0.717, 1.165) is 27.1 Å². The molecule has 0 radical (unpaired) electrons. The first-order valence-corrected chi connectivity index (χ1v) is 5.69. The lowest BCUT2D eigenvalue weighted by Gasteiger charge is -2.04. The van der Waals surface area contributed by atoms with Crippen molar-refractivity contribution in [1.29, 1.82) is 0 Å². The molecule has 0 amide bonds. The summed E-state index contributed by atoms with van der Waals surface area (Å²) in [5.74, 6) is 0. The summed E-state index contributed by atoms with van der Waals surface area (Å²) in [7, 11) is 0. The molecule has 0 bridgehead atoms. The van der Waals surface area contributed by atoms with Crippen molar-refractivity contribution in [2.45, 2.75) is 0 Å². The fourth-order valence-electron chi connectivity index (χ4n) is 1.85. The van der Waals surface area contributed by atoms with Gasteiger partial charge in [-0.05, 0) is 12.1 Å². The van der Waals surface area contributed by atoms with Crippen LogP contribution in [0.5, 0.6) is 0 Å². The molecule has 3 rings (SSSR count). The molecule has 0 aliphatic carbocycles. The third kappa shape index (κ3) is 1.87. The highest BCUT2D eigenvalue weighted by molar-refractivity contribution is 6.30. The number of halogens is 1. The Labute approximate surface area is 104 Å². The summed E-state index contributed by atoms with van der Waals surface area (Å²) in [5.41, 5.74) is 1.92. The van der Waals surface area contributed by atoms with E-state index in [-0.39, 0.29) is 0 Å². The Morgan fingerprint density at radius 3 is 2.47 bits per heavy atom. The van der Waals surface area contributed by atoms with Crippen molar-refractivity contribution >= 4 is 22.4 Å². The van der Waals surface area contributed by atoms with Crippen molar-refractivity contribution in [2.75, 3.05) is 0 Å². The minimum atomic E-state index is 0.724. The summed E-state index contributed by atoms with van der Waals surface area (Å²) in [6.07, 6.45) is 1.77. The van der Waals surface area contributed by atoms with Crippen LogP contribution in [0.4, 0.5) is 0 Å². The predicted octanol–water partition coefficient (Wildman–Crippen LogP) is 3.95. The molecule has 2 aromatic carbocycles. The van der Waals surface area contributed by atoms with Crippen LogP contribution < -0.4 is 0 Å². The second-order valence-corrected chi connectivity index (χ2v) is 4.22. The fourth-order valence-corrected chi connectivity index (χ4v) is 1.97. The Morgan fingerprint density at radius 2 is 1.65 bits per heavy atom. The zero-order valence-electron chi connectivity index (χ0n) is 8.97. The molecule has 0 unspecified atom stereocenters. The molecule has 2 nitrogen and oxygen atoms in total. The second kappa shape index (κ2) is 4.15. The van der Waals surface area contributed by atoms with E-state index in [1.165, 1.54) is 0 Å². The highest BCUT2D eigenvalue weighted by atomic mass is 35.5. The molecular weight excluding hydrogens is 232 g/mol. The Morgan fingerprint density at radius 1 is 0.882 bits per heavy atom. The van der Waals surface area contributed by atoms with Crippen LogP contribution in [0, 0.1) is 0 Å². The van der Waals surface area contributed by atoms with Crippen LogP contribution in [0.15, 0.2) is 54.7 Å². The summed E-state index contributed by atoms with van der Waals surface area (Å²) < 4.78 is 0. The fraction of sp³-hybridized carbons (Fsp3) is 0. The van der Waals surface area contributed by atoms with Gasteiger partial charge in [0.05, 0.1) is 6.20 Å². The Hall–Kier alpha value is -1.93. The lowest BCUT2D eigenvalue weighted by atomic mass is 10.1. The van der Waals surface area contributed by atoms with Crippen molar-refractivity contribution in [3.8, 4) is 11.3 Å². The molecule has 0 saturated carbocycles. The molecule has 3 aromatic rings. The minimum Gasteiger partial charge on any atom is -0.158 e. The molecule has 0 fully saturated rings. The average molecular weight is 241 g/mol. The van der Waals surface area contributed by atoms with Gasteiger partial charge < -0.3 is 0 Å². The summed E-state index contributed by atoms with van der Waals surface area (Å²) >= 11 is 5.88. The molecule has 1 aromatic heterocycles. The van der Waals surface area contributed by atoms with Gasteiger partial charge in [-0.1, -0.05) is 48.0 Å². The lowest BCUT2D eigenvalue weighted by Crippen LogP contribution is -1.89. The van der Waals surface area contributed by atoms with Gasteiger partial charge in [0.2, 0.25) is 0 Å². The van der Waals surface area contributed by atoms with Gasteiger partial charge in [0, 0.05) is 21.4 Å². The van der Waals surface area contributed by atoms with Crippen LogP contribution in [-0.4, -0.2) is 10.2 Å². The molecule has 0 atom stereocenters. The van der Waals surface area contributed by atoms with Crippen molar-refractivity contribution < 1.29 is 0 Å². The van der Waals surface area contributed by atoms with Crippen molar-refractivity contribution in [1.82, 2.24) is 10.2 Å². The molecule has 1 heterocycles. The summed E-state index contributed by atoms with van der Waals surface area (Å²) in [6.45, 7) is 0. The van der Waals surface area contributed by atoms with E-state index in [9.17, 15) is 0 Å². The van der Waals surface area contributed by atoms with Gasteiger partial charge in [-0.25, -0.2) is 0 Å². The van der Waals surface area contributed by atoms with Crippen LogP contribution in [-0.2, 0) is 0 Å². The largest absolute Gasteiger partial charge is 0.158 e. The van der Waals surface area contributed by atoms with E-state index in [0.29, 0.717) is 0 Å². The molecule has 0 N–H and O–H groups in total. The van der Waals surface area contributed by atoms with Gasteiger partial charge in [-0.3, -0.25) is 0 Å². The normalized spacial score (nSPS) is 10.6. The summed E-state index contributed by atoms with van der Waals surface area (Å²) in [4.78, 5) is 0. The maximum atomic E-state index is 5.88. The topological polar surface area (TPSA) is 25.8 Å². The standard InChI is InChI=1S/C14H9ClN2/c15-12-7-5-10(6-8-12)14-13-4-2-1-3-11(13)9-16-17-14/h1-9H. The molecule has 82 valence electrons. The quantitative estimate of drug-likeness (QED) is 0.644. The van der Waals surface area contributed by atoms with E-state index >= 15 is 0 Å². The molecular formula is C14H9ClN2. The zero-order valence-corrected chi connectivity index (χ0v) is 9.72. The number of hydrogen-bond acceptors (Lipinski definition) is 2. The molecule has 0 saturated heterocycles. The number of fused-ring (bicyclic) bond motifs is 1. The first-order chi connectivity index (χ1) is 8.34. The first kappa shape index (κ1) is 10.2. The maximum Gasteiger partial charge on any atom is 0.101 e. The van der Waals surface area contributed by atoms with Crippen molar-refractivity contribution in [3.05, 3.63) is 59.8 Å². The summed E-state index contributed by atoms with van der Waals surface area (Å²) in [5, 5.41) is 11.2. The van der Waals surface area contributed by atoms with E-state index in [1.807, 2.05) is 48.5 Å². The second-order valence-electron chi connectivity index (χ2n) is 3.79. The van der Waals surface area contributed by atoms with Crippen LogP contribution in [0.1, 0.15) is 0 Å². The smallest absolute Gasteiger partial charge is 0.101 e. The van der Waals surface area contributed by atoms with Gasteiger partial charge in [-0.2, -0.15) is 5.10 Å². The molecule has 17 heavy (non-hydrogen) atoms. The number of nitrogens with zero attached hydrogens (tertiary/aromatic N) is 2. The number of hydrogen-bond donors (Lipinski definition) is 0. The summed E-state index contributed by atoms with van der Waals surface area (Å²) in [6, 6.07) is 15.7. The zero-order chi connectivity index (χ0) is 11.7. The van der Waals surface area contributed by atoms with Gasteiger partial charge in [0.1, 0.15) is 5.69 Å². The van der Waals surface area contributed by atoms with Gasteiger partial charge in [-0.15, -0.1) is 5.10 Å². The van der Waals surface area contributed by atoms with E-state index in [1.54, 1.807) is 6.20 Å². The van der Waals surface area contributed by atoms with Crippen molar-refractivity contribution in [2.24, 2.45) is 0 Å². The predicted molar refractivity (Wildman–Crippen MR) is 70.0 cm³/mol. The van der Waals surface area contributed by atoms with Crippen molar-refractivity contribution in [3.63, 3.8) is 0 Å². The Kier molecular flexibility index (Phi) is 2.50. The SMILES string of the molecule is Clc1ccc(-c2nncc3ccccc23)cc1.